The van der Waals surface area contributed by atoms with Crippen molar-refractivity contribution in [3.63, 3.8) is 0 Å². The Morgan fingerprint density at radius 1 is 1.04 bits per heavy atom. The zero-order valence-electron chi connectivity index (χ0n) is 14.1. The van der Waals surface area contributed by atoms with Crippen molar-refractivity contribution in [3.8, 4) is 5.75 Å². The molecule has 130 valence electrons. The second-order valence-electron chi connectivity index (χ2n) is 6.03. The van der Waals surface area contributed by atoms with E-state index in [0.29, 0.717) is 16.4 Å². The van der Waals surface area contributed by atoms with E-state index in [9.17, 15) is 9.90 Å². The van der Waals surface area contributed by atoms with Crippen molar-refractivity contribution < 1.29 is 9.90 Å². The van der Waals surface area contributed by atoms with Crippen molar-refractivity contribution in [3.05, 3.63) is 54.1 Å². The first-order valence-corrected chi connectivity index (χ1v) is 8.65. The third-order valence-corrected chi connectivity index (χ3v) is 4.69. The number of hydrogen-bond acceptors (Lipinski definition) is 4. The van der Waals surface area contributed by atoms with Gasteiger partial charge in [0.15, 0.2) is 10.9 Å². The highest BCUT2D eigenvalue weighted by atomic mass is 32.1. The summed E-state index contributed by atoms with van der Waals surface area (Å²) < 4.78 is 0. The molecule has 1 aliphatic rings. The van der Waals surface area contributed by atoms with Crippen molar-refractivity contribution in [2.24, 2.45) is 0 Å². The molecule has 3 rings (SSSR count). The highest BCUT2D eigenvalue weighted by Crippen LogP contribution is 2.27. The molecule has 0 radical (unpaired) electrons. The molecule has 6 heteroatoms. The van der Waals surface area contributed by atoms with Gasteiger partial charge in [-0.1, -0.05) is 12.1 Å². The van der Waals surface area contributed by atoms with Crippen molar-refractivity contribution >= 4 is 34.5 Å². The predicted octanol–water partition coefficient (Wildman–Crippen LogP) is 3.11. The molecule has 0 aromatic heterocycles. The van der Waals surface area contributed by atoms with Gasteiger partial charge in [-0.05, 0) is 55.5 Å². The third-order valence-electron chi connectivity index (χ3n) is 4.33. The maximum atomic E-state index is 11.3. The van der Waals surface area contributed by atoms with Gasteiger partial charge in [0.25, 0.3) is 0 Å². The molecule has 0 saturated carbocycles. The topological polar surface area (TPSA) is 55.8 Å². The minimum Gasteiger partial charge on any atom is -0.506 e. The van der Waals surface area contributed by atoms with E-state index in [1.165, 1.54) is 0 Å². The number of aromatic hydroxyl groups is 1. The first-order chi connectivity index (χ1) is 12.0. The van der Waals surface area contributed by atoms with Gasteiger partial charge in [0, 0.05) is 37.4 Å². The lowest BCUT2D eigenvalue weighted by molar-refractivity contribution is 0.101. The zero-order chi connectivity index (χ0) is 17.8. The molecule has 2 N–H and O–H groups in total. The van der Waals surface area contributed by atoms with Gasteiger partial charge in [0.05, 0.1) is 5.69 Å². The molecule has 1 heterocycles. The smallest absolute Gasteiger partial charge is 0.173 e. The van der Waals surface area contributed by atoms with Crippen LogP contribution >= 0.6 is 12.2 Å². The quantitative estimate of drug-likeness (QED) is 0.652. The number of rotatable bonds is 3. The lowest BCUT2D eigenvalue weighted by atomic mass is 10.1. The Balaban J connectivity index is 1.56. The Kier molecular flexibility index (Phi) is 5.19. The highest BCUT2D eigenvalue weighted by Gasteiger charge is 2.20. The van der Waals surface area contributed by atoms with Crippen molar-refractivity contribution in [1.29, 1.82) is 0 Å². The largest absolute Gasteiger partial charge is 0.506 e. The lowest BCUT2D eigenvalue weighted by Crippen LogP contribution is -2.50. The number of nitrogens with one attached hydrogen (secondary N) is 1. The molecule has 0 amide bonds. The molecule has 0 unspecified atom stereocenters. The number of para-hydroxylation sites is 2. The number of carbonyl (C=O) groups is 1. The number of thiocarbonyl (C=S) groups is 1. The Labute approximate surface area is 152 Å². The van der Waals surface area contributed by atoms with E-state index >= 15 is 0 Å². The standard InChI is InChI=1S/C19H21N3O2S/c1-14(23)15-6-8-16(9-7-15)20-19(25)22-12-10-21(11-13-22)17-4-2-3-5-18(17)24/h2-9,24H,10-13H2,1H3,(H,20,25). The SMILES string of the molecule is CC(=O)c1ccc(NC(=S)N2CCN(c3ccccc3O)CC2)cc1. The van der Waals surface area contributed by atoms with Crippen LogP contribution < -0.4 is 10.2 Å². The fourth-order valence-electron chi connectivity index (χ4n) is 2.87. The summed E-state index contributed by atoms with van der Waals surface area (Å²) in [5, 5.41) is 13.9. The van der Waals surface area contributed by atoms with Crippen LogP contribution in [0.4, 0.5) is 11.4 Å². The van der Waals surface area contributed by atoms with Crippen LogP contribution in [-0.2, 0) is 0 Å². The maximum absolute atomic E-state index is 11.3. The molecule has 1 saturated heterocycles. The summed E-state index contributed by atoms with van der Waals surface area (Å²) in [4.78, 5) is 15.6. The predicted molar refractivity (Wildman–Crippen MR) is 105 cm³/mol. The van der Waals surface area contributed by atoms with Gasteiger partial charge in [-0.15, -0.1) is 0 Å². The Bertz CT molecular complexity index is 768. The van der Waals surface area contributed by atoms with E-state index < -0.39 is 0 Å². The number of hydrogen-bond donors (Lipinski definition) is 2. The second-order valence-corrected chi connectivity index (χ2v) is 6.41. The van der Waals surface area contributed by atoms with Crippen LogP contribution in [0.3, 0.4) is 0 Å². The minimum atomic E-state index is 0.0504. The Morgan fingerprint density at radius 3 is 2.28 bits per heavy atom. The number of carbonyl (C=O) groups excluding carboxylic acids is 1. The first kappa shape index (κ1) is 17.2. The maximum Gasteiger partial charge on any atom is 0.173 e. The number of phenolic OH excluding ortho intramolecular Hbond substituents is 1. The van der Waals surface area contributed by atoms with Crippen molar-refractivity contribution in [2.75, 3.05) is 36.4 Å². The summed E-state index contributed by atoms with van der Waals surface area (Å²) in [6.07, 6.45) is 0. The van der Waals surface area contributed by atoms with E-state index in [0.717, 1.165) is 37.6 Å². The van der Waals surface area contributed by atoms with Crippen LogP contribution in [0.1, 0.15) is 17.3 Å². The van der Waals surface area contributed by atoms with Gasteiger partial charge in [-0.25, -0.2) is 0 Å². The van der Waals surface area contributed by atoms with Gasteiger partial charge in [-0.3, -0.25) is 4.79 Å². The molecule has 1 aliphatic heterocycles. The molecule has 0 bridgehead atoms. The Hall–Kier alpha value is -2.60. The summed E-state index contributed by atoms with van der Waals surface area (Å²) in [7, 11) is 0. The molecule has 0 aliphatic carbocycles. The van der Waals surface area contributed by atoms with Gasteiger partial charge < -0.3 is 20.2 Å². The van der Waals surface area contributed by atoms with E-state index in [2.05, 4.69) is 15.1 Å². The van der Waals surface area contributed by atoms with Crippen LogP contribution in [0.15, 0.2) is 48.5 Å². The number of piperazine rings is 1. The van der Waals surface area contributed by atoms with Crippen LogP contribution in [0.2, 0.25) is 0 Å². The Morgan fingerprint density at radius 2 is 1.68 bits per heavy atom. The van der Waals surface area contributed by atoms with E-state index in [1.54, 1.807) is 25.1 Å². The van der Waals surface area contributed by atoms with Crippen LogP contribution in [0, 0.1) is 0 Å². The number of ketones is 1. The van der Waals surface area contributed by atoms with Crippen LogP contribution in [0.25, 0.3) is 0 Å². The molecular formula is C19H21N3O2S. The molecule has 25 heavy (non-hydrogen) atoms. The normalized spacial score (nSPS) is 14.3. The lowest BCUT2D eigenvalue weighted by Gasteiger charge is -2.37. The van der Waals surface area contributed by atoms with Crippen molar-refractivity contribution in [2.45, 2.75) is 6.92 Å². The highest BCUT2D eigenvalue weighted by molar-refractivity contribution is 7.80. The zero-order valence-corrected chi connectivity index (χ0v) is 14.9. The van der Waals surface area contributed by atoms with Gasteiger partial charge >= 0.3 is 0 Å². The number of Topliss-reactive ketones (excluding diaryl/α,β-unsaturated/α-hetero) is 1. The van der Waals surface area contributed by atoms with Crippen LogP contribution in [0.5, 0.6) is 5.75 Å². The summed E-state index contributed by atoms with van der Waals surface area (Å²) in [6, 6.07) is 14.7. The number of benzene rings is 2. The monoisotopic (exact) mass is 355 g/mol. The molecular weight excluding hydrogens is 334 g/mol. The molecule has 2 aromatic carbocycles. The fraction of sp³-hybridized carbons (Fsp3) is 0.263. The van der Waals surface area contributed by atoms with Crippen LogP contribution in [-0.4, -0.2) is 47.1 Å². The molecule has 1 fully saturated rings. The molecule has 0 spiro atoms. The third kappa shape index (κ3) is 4.09. The summed E-state index contributed by atoms with van der Waals surface area (Å²) in [5.74, 6) is 0.358. The van der Waals surface area contributed by atoms with Gasteiger partial charge in [-0.2, -0.15) is 0 Å². The van der Waals surface area contributed by atoms with Gasteiger partial charge in [0.1, 0.15) is 5.75 Å². The number of phenols is 1. The summed E-state index contributed by atoms with van der Waals surface area (Å²) in [5.41, 5.74) is 2.42. The summed E-state index contributed by atoms with van der Waals surface area (Å²) >= 11 is 5.50. The van der Waals surface area contributed by atoms with Crippen molar-refractivity contribution in [1.82, 2.24) is 4.90 Å². The number of nitrogens with zero attached hydrogens (tertiary/aromatic N) is 2. The van der Waals surface area contributed by atoms with E-state index in [4.69, 9.17) is 12.2 Å². The molecule has 2 aromatic rings. The molecule has 5 nitrogen and oxygen atoms in total. The fourth-order valence-corrected chi connectivity index (χ4v) is 3.17. The number of anilines is 2. The first-order valence-electron chi connectivity index (χ1n) is 8.24. The van der Waals surface area contributed by atoms with Gasteiger partial charge in [0.2, 0.25) is 0 Å². The van der Waals surface area contributed by atoms with E-state index in [-0.39, 0.29) is 5.78 Å². The average Bonchev–Trinajstić information content (AvgIpc) is 2.63. The average molecular weight is 355 g/mol. The minimum absolute atomic E-state index is 0.0504. The second kappa shape index (κ2) is 7.53. The van der Waals surface area contributed by atoms with E-state index in [1.807, 2.05) is 30.3 Å². The summed E-state index contributed by atoms with van der Waals surface area (Å²) in [6.45, 7) is 4.71. The molecule has 0 atom stereocenters.